The fraction of sp³-hybridized carbons (Fsp3) is 0.125. The number of hydrogen-bond donors (Lipinski definition) is 0. The topological polar surface area (TPSA) is 4.93 Å². The molecule has 1 nitrogen and oxygen atoms in total. The summed E-state index contributed by atoms with van der Waals surface area (Å²) in [6.07, 6.45) is 0. The summed E-state index contributed by atoms with van der Waals surface area (Å²) in [5.41, 5.74) is 17.2. The standard InChI is InChI=1S/C48H35NS/c1-47(2)39-14-8-5-11-31(39)34-24-36-37-25-35-32-12-6-9-15-40(32)48(3,4)42(35)27-44(37)49(43(36)26-41(34)47)30-20-17-28(18-21-30)29-19-22-46-38(23-29)33-13-7-10-16-45(33)50-46/h5-27H,1-4H3. The highest BCUT2D eigenvalue weighted by atomic mass is 32.1. The van der Waals surface area contributed by atoms with E-state index in [1.165, 1.54) is 103 Å². The van der Waals surface area contributed by atoms with Crippen LogP contribution < -0.4 is 0 Å². The number of fused-ring (bicyclic) bond motifs is 12. The molecule has 0 N–H and O–H groups in total. The van der Waals surface area contributed by atoms with E-state index in [1.54, 1.807) is 0 Å². The lowest BCUT2D eigenvalue weighted by Gasteiger charge is -2.22. The van der Waals surface area contributed by atoms with Crippen molar-refractivity contribution in [1.29, 1.82) is 0 Å². The Morgan fingerprint density at radius 3 is 1.54 bits per heavy atom. The predicted octanol–water partition coefficient (Wildman–Crippen LogP) is 13.4. The molecule has 2 heterocycles. The molecule has 0 radical (unpaired) electrons. The van der Waals surface area contributed by atoms with Gasteiger partial charge in [0.15, 0.2) is 0 Å². The molecule has 0 saturated carbocycles. The van der Waals surface area contributed by atoms with E-state index in [-0.39, 0.29) is 10.8 Å². The smallest absolute Gasteiger partial charge is 0.0544 e. The third-order valence-corrected chi connectivity index (χ3v) is 13.2. The maximum Gasteiger partial charge on any atom is 0.0544 e. The highest BCUT2D eigenvalue weighted by Crippen LogP contribution is 2.54. The van der Waals surface area contributed by atoms with Gasteiger partial charge in [0.1, 0.15) is 0 Å². The number of rotatable bonds is 2. The Kier molecular flexibility index (Phi) is 5.47. The van der Waals surface area contributed by atoms with Crippen molar-refractivity contribution in [3.05, 3.63) is 162 Å². The molecule has 2 aromatic heterocycles. The average Bonchev–Trinajstić information content (AvgIpc) is 3.81. The van der Waals surface area contributed by atoms with Gasteiger partial charge in [0.2, 0.25) is 0 Å². The second kappa shape index (κ2) is 9.62. The second-order valence-corrected chi connectivity index (χ2v) is 16.4. The van der Waals surface area contributed by atoms with Gasteiger partial charge in [-0.25, -0.2) is 0 Å². The lowest BCUT2D eigenvalue weighted by Crippen LogP contribution is -2.15. The van der Waals surface area contributed by atoms with Crippen LogP contribution in [0, 0.1) is 0 Å². The molecule has 0 saturated heterocycles. The van der Waals surface area contributed by atoms with Gasteiger partial charge in [-0.15, -0.1) is 11.3 Å². The van der Waals surface area contributed by atoms with Gasteiger partial charge >= 0.3 is 0 Å². The van der Waals surface area contributed by atoms with Crippen LogP contribution >= 0.6 is 11.3 Å². The third kappa shape index (κ3) is 3.62. The van der Waals surface area contributed by atoms with Crippen LogP contribution in [0.15, 0.2) is 140 Å². The number of hydrogen-bond acceptors (Lipinski definition) is 1. The quantitative estimate of drug-likeness (QED) is 0.174. The van der Waals surface area contributed by atoms with Crippen molar-refractivity contribution in [2.24, 2.45) is 0 Å². The first-order valence-corrected chi connectivity index (χ1v) is 18.5. The SMILES string of the molecule is CC1(C)c2ccccc2-c2cc3c4cc5c(cc4n(-c4ccc(-c6ccc7sc8ccccc8c7c6)cc4)c3cc21)C(C)(C)c1ccccc1-5. The summed E-state index contributed by atoms with van der Waals surface area (Å²) in [6.45, 7) is 9.53. The maximum atomic E-state index is 2.53. The highest BCUT2D eigenvalue weighted by Gasteiger charge is 2.38. The molecule has 0 bridgehead atoms. The van der Waals surface area contributed by atoms with Gasteiger partial charge in [-0.2, -0.15) is 0 Å². The van der Waals surface area contributed by atoms with Crippen molar-refractivity contribution in [1.82, 2.24) is 4.57 Å². The molecular weight excluding hydrogens is 623 g/mol. The summed E-state index contributed by atoms with van der Waals surface area (Å²) in [7, 11) is 0. The third-order valence-electron chi connectivity index (χ3n) is 12.0. The van der Waals surface area contributed by atoms with Gasteiger partial charge in [-0.3, -0.25) is 0 Å². The van der Waals surface area contributed by atoms with Gasteiger partial charge in [-0.1, -0.05) is 113 Å². The molecule has 2 heteroatoms. The summed E-state index contributed by atoms with van der Waals surface area (Å²) >= 11 is 1.87. The van der Waals surface area contributed by atoms with Crippen LogP contribution in [0.1, 0.15) is 49.9 Å². The Morgan fingerprint density at radius 1 is 0.400 bits per heavy atom. The first kappa shape index (κ1) is 28.4. The first-order valence-electron chi connectivity index (χ1n) is 17.7. The van der Waals surface area contributed by atoms with Crippen LogP contribution in [0.4, 0.5) is 0 Å². The van der Waals surface area contributed by atoms with E-state index >= 15 is 0 Å². The van der Waals surface area contributed by atoms with Crippen LogP contribution in [0.3, 0.4) is 0 Å². The molecule has 0 unspecified atom stereocenters. The fourth-order valence-electron chi connectivity index (χ4n) is 9.39. The monoisotopic (exact) mass is 657 g/mol. The normalized spacial score (nSPS) is 15.1. The Bertz CT molecular complexity index is 2790. The lowest BCUT2D eigenvalue weighted by molar-refractivity contribution is 0.660. The first-order chi connectivity index (χ1) is 24.3. The van der Waals surface area contributed by atoms with Crippen molar-refractivity contribution < 1.29 is 0 Å². The van der Waals surface area contributed by atoms with Crippen LogP contribution in [0.5, 0.6) is 0 Å². The van der Waals surface area contributed by atoms with Crippen molar-refractivity contribution >= 4 is 53.3 Å². The maximum absolute atomic E-state index is 2.53. The van der Waals surface area contributed by atoms with Gasteiger partial charge in [0.05, 0.1) is 11.0 Å². The fourth-order valence-corrected chi connectivity index (χ4v) is 10.5. The van der Waals surface area contributed by atoms with Crippen molar-refractivity contribution in [3.63, 3.8) is 0 Å². The number of benzene rings is 7. The van der Waals surface area contributed by atoms with E-state index in [0.29, 0.717) is 0 Å². The van der Waals surface area contributed by atoms with Gasteiger partial charge in [0.25, 0.3) is 0 Å². The lowest BCUT2D eigenvalue weighted by atomic mass is 9.82. The van der Waals surface area contributed by atoms with E-state index in [2.05, 4.69) is 172 Å². The largest absolute Gasteiger partial charge is 0.309 e. The molecule has 0 spiro atoms. The number of nitrogens with zero attached hydrogens (tertiary/aromatic N) is 1. The van der Waals surface area contributed by atoms with Gasteiger partial charge in [-0.05, 0) is 110 Å². The van der Waals surface area contributed by atoms with E-state index in [1.807, 2.05) is 11.3 Å². The Balaban J connectivity index is 1.15. The minimum Gasteiger partial charge on any atom is -0.309 e. The second-order valence-electron chi connectivity index (χ2n) is 15.4. The molecule has 2 aliphatic rings. The van der Waals surface area contributed by atoms with Crippen LogP contribution in [0.2, 0.25) is 0 Å². The summed E-state index contributed by atoms with van der Waals surface area (Å²) < 4.78 is 5.21. The Morgan fingerprint density at radius 2 is 0.920 bits per heavy atom. The van der Waals surface area contributed by atoms with Crippen molar-refractivity contribution in [2.45, 2.75) is 38.5 Å². The van der Waals surface area contributed by atoms with E-state index in [0.717, 1.165) is 0 Å². The molecule has 50 heavy (non-hydrogen) atoms. The molecule has 2 aliphatic carbocycles. The van der Waals surface area contributed by atoms with E-state index < -0.39 is 0 Å². The van der Waals surface area contributed by atoms with Gasteiger partial charge in [0, 0.05) is 47.5 Å². The zero-order valence-electron chi connectivity index (χ0n) is 28.6. The zero-order valence-corrected chi connectivity index (χ0v) is 29.5. The van der Waals surface area contributed by atoms with Crippen molar-refractivity contribution in [3.8, 4) is 39.1 Å². The van der Waals surface area contributed by atoms with Crippen LogP contribution in [-0.2, 0) is 10.8 Å². The van der Waals surface area contributed by atoms with Crippen LogP contribution in [0.25, 0.3) is 81.0 Å². The molecule has 7 aromatic carbocycles. The minimum absolute atomic E-state index is 0.0710. The number of aromatic nitrogens is 1. The molecule has 0 fully saturated rings. The molecule has 0 aliphatic heterocycles. The summed E-state index contributed by atoms with van der Waals surface area (Å²) in [6, 6.07) is 52.9. The number of thiophene rings is 1. The van der Waals surface area contributed by atoms with Crippen molar-refractivity contribution in [2.75, 3.05) is 0 Å². The molecule has 238 valence electrons. The molecular formula is C48H35NS. The Labute approximate surface area is 296 Å². The summed E-state index contributed by atoms with van der Waals surface area (Å²) in [5, 5.41) is 5.31. The Hall–Kier alpha value is -5.44. The summed E-state index contributed by atoms with van der Waals surface area (Å²) in [5.74, 6) is 0. The molecule has 11 rings (SSSR count). The molecule has 0 atom stereocenters. The average molecular weight is 658 g/mol. The zero-order chi connectivity index (χ0) is 33.5. The molecule has 0 amide bonds. The molecule has 9 aromatic rings. The predicted molar refractivity (Wildman–Crippen MR) is 214 cm³/mol. The van der Waals surface area contributed by atoms with Gasteiger partial charge < -0.3 is 4.57 Å². The minimum atomic E-state index is -0.0710. The van der Waals surface area contributed by atoms with Crippen LogP contribution in [-0.4, -0.2) is 4.57 Å². The van der Waals surface area contributed by atoms with E-state index in [9.17, 15) is 0 Å². The van der Waals surface area contributed by atoms with E-state index in [4.69, 9.17) is 0 Å². The highest BCUT2D eigenvalue weighted by molar-refractivity contribution is 7.25. The summed E-state index contributed by atoms with van der Waals surface area (Å²) in [4.78, 5) is 0.